The number of alkyl halides is 3. The Morgan fingerprint density at radius 1 is 1.15 bits per heavy atom. The van der Waals surface area contributed by atoms with E-state index in [0.29, 0.717) is 43.2 Å². The largest absolute Gasteiger partial charge is 0.489 e. The Bertz CT molecular complexity index is 938. The molecule has 1 heterocycles. The maximum absolute atomic E-state index is 14.5. The first-order chi connectivity index (χ1) is 15.7. The predicted octanol–water partition coefficient (Wildman–Crippen LogP) is 5.41. The van der Waals surface area contributed by atoms with Gasteiger partial charge >= 0.3 is 6.18 Å². The van der Waals surface area contributed by atoms with E-state index in [-0.39, 0.29) is 24.2 Å². The van der Waals surface area contributed by atoms with Crippen LogP contribution in [0.4, 0.5) is 17.6 Å². The highest BCUT2D eigenvalue weighted by Crippen LogP contribution is 2.30. The van der Waals surface area contributed by atoms with E-state index in [4.69, 9.17) is 4.74 Å². The molecule has 8 heteroatoms. The van der Waals surface area contributed by atoms with Crippen molar-refractivity contribution >= 4 is 5.91 Å². The summed E-state index contributed by atoms with van der Waals surface area (Å²) in [6, 6.07) is 9.31. The van der Waals surface area contributed by atoms with Gasteiger partial charge in [-0.05, 0) is 29.7 Å². The zero-order valence-electron chi connectivity index (χ0n) is 18.9. The second-order valence-corrected chi connectivity index (χ2v) is 8.56. The van der Waals surface area contributed by atoms with E-state index >= 15 is 0 Å². The van der Waals surface area contributed by atoms with E-state index in [0.717, 1.165) is 25.0 Å². The van der Waals surface area contributed by atoms with Gasteiger partial charge in [-0.2, -0.15) is 13.2 Å². The van der Waals surface area contributed by atoms with Gasteiger partial charge in [0.1, 0.15) is 18.2 Å². The molecule has 3 rings (SSSR count). The number of ether oxygens (including phenoxy) is 1. The molecule has 1 amide bonds. The van der Waals surface area contributed by atoms with E-state index < -0.39 is 17.6 Å². The molecule has 0 atom stereocenters. The number of carbonyl (C=O) groups excluding carboxylic acids is 1. The summed E-state index contributed by atoms with van der Waals surface area (Å²) in [6.07, 6.45) is -2.35. The van der Waals surface area contributed by atoms with Crippen LogP contribution < -0.4 is 10.1 Å². The SMILES string of the molecule is CCC(CC)CNC(=O)C1CN(Cc2ccc(OCc3cccc(C(F)(F)F)c3)cc2F)C1. The summed E-state index contributed by atoms with van der Waals surface area (Å²) in [7, 11) is 0. The zero-order valence-corrected chi connectivity index (χ0v) is 18.9. The van der Waals surface area contributed by atoms with Crippen molar-refractivity contribution in [1.29, 1.82) is 0 Å². The van der Waals surface area contributed by atoms with Gasteiger partial charge in [-0.15, -0.1) is 0 Å². The highest BCUT2D eigenvalue weighted by molar-refractivity contribution is 5.80. The van der Waals surface area contributed by atoms with Gasteiger partial charge in [0.2, 0.25) is 5.91 Å². The second-order valence-electron chi connectivity index (χ2n) is 8.56. The molecular formula is C25H30F4N2O2. The molecule has 180 valence electrons. The third kappa shape index (κ3) is 6.93. The Morgan fingerprint density at radius 2 is 1.88 bits per heavy atom. The fourth-order valence-corrected chi connectivity index (χ4v) is 3.82. The van der Waals surface area contributed by atoms with Crippen LogP contribution in [0.1, 0.15) is 43.4 Å². The summed E-state index contributed by atoms with van der Waals surface area (Å²) in [6.45, 7) is 6.38. The van der Waals surface area contributed by atoms with E-state index in [1.165, 1.54) is 18.2 Å². The number of likely N-dealkylation sites (tertiary alicyclic amines) is 1. The van der Waals surface area contributed by atoms with Gasteiger partial charge in [0.05, 0.1) is 11.5 Å². The van der Waals surface area contributed by atoms with Crippen LogP contribution in [0, 0.1) is 17.7 Å². The molecule has 1 saturated heterocycles. The first-order valence-corrected chi connectivity index (χ1v) is 11.3. The summed E-state index contributed by atoms with van der Waals surface area (Å²) >= 11 is 0. The number of hydrogen-bond acceptors (Lipinski definition) is 3. The van der Waals surface area contributed by atoms with Crippen molar-refractivity contribution in [3.05, 3.63) is 65.0 Å². The molecule has 2 aromatic carbocycles. The van der Waals surface area contributed by atoms with Gasteiger partial charge in [-0.3, -0.25) is 9.69 Å². The lowest BCUT2D eigenvalue weighted by atomic mass is 9.97. The number of halogens is 4. The number of hydrogen-bond donors (Lipinski definition) is 1. The zero-order chi connectivity index (χ0) is 24.0. The van der Waals surface area contributed by atoms with Crippen molar-refractivity contribution in [2.75, 3.05) is 19.6 Å². The highest BCUT2D eigenvalue weighted by atomic mass is 19.4. The van der Waals surface area contributed by atoms with Crippen LogP contribution >= 0.6 is 0 Å². The van der Waals surface area contributed by atoms with Gasteiger partial charge < -0.3 is 10.1 Å². The Labute approximate surface area is 191 Å². The van der Waals surface area contributed by atoms with Gasteiger partial charge in [0, 0.05) is 37.8 Å². The van der Waals surface area contributed by atoms with Crippen molar-refractivity contribution in [3.8, 4) is 5.75 Å². The number of carbonyl (C=O) groups is 1. The normalized spacial score (nSPS) is 14.9. The monoisotopic (exact) mass is 466 g/mol. The minimum absolute atomic E-state index is 0.0527. The molecule has 4 nitrogen and oxygen atoms in total. The van der Waals surface area contributed by atoms with E-state index in [2.05, 4.69) is 19.2 Å². The maximum Gasteiger partial charge on any atom is 0.416 e. The number of nitrogens with one attached hydrogen (secondary N) is 1. The summed E-state index contributed by atoms with van der Waals surface area (Å²) in [4.78, 5) is 14.2. The van der Waals surface area contributed by atoms with Crippen molar-refractivity contribution < 1.29 is 27.1 Å². The molecule has 1 fully saturated rings. The van der Waals surface area contributed by atoms with Gasteiger partial charge in [0.15, 0.2) is 0 Å². The van der Waals surface area contributed by atoms with E-state index in [1.807, 2.05) is 4.90 Å². The van der Waals surface area contributed by atoms with Crippen LogP contribution in [-0.4, -0.2) is 30.4 Å². The number of amides is 1. The third-order valence-electron chi connectivity index (χ3n) is 6.13. The molecule has 0 spiro atoms. The Balaban J connectivity index is 1.46. The minimum atomic E-state index is -4.42. The fourth-order valence-electron chi connectivity index (χ4n) is 3.82. The van der Waals surface area contributed by atoms with E-state index in [9.17, 15) is 22.4 Å². The van der Waals surface area contributed by atoms with Crippen molar-refractivity contribution in [1.82, 2.24) is 10.2 Å². The molecule has 1 N–H and O–H groups in total. The van der Waals surface area contributed by atoms with Gasteiger partial charge in [-0.1, -0.05) is 44.9 Å². The molecule has 0 saturated carbocycles. The molecular weight excluding hydrogens is 436 g/mol. The lowest BCUT2D eigenvalue weighted by molar-refractivity contribution is -0.137. The summed E-state index contributed by atoms with van der Waals surface area (Å²) in [5, 5.41) is 3.01. The average Bonchev–Trinajstić information content (AvgIpc) is 2.75. The smallest absolute Gasteiger partial charge is 0.416 e. The Morgan fingerprint density at radius 3 is 2.52 bits per heavy atom. The fraction of sp³-hybridized carbons (Fsp3) is 0.480. The average molecular weight is 467 g/mol. The molecule has 0 unspecified atom stereocenters. The first-order valence-electron chi connectivity index (χ1n) is 11.3. The molecule has 1 aliphatic heterocycles. The lowest BCUT2D eigenvalue weighted by Gasteiger charge is -2.38. The Kier molecular flexibility index (Phi) is 8.35. The third-order valence-corrected chi connectivity index (χ3v) is 6.13. The van der Waals surface area contributed by atoms with Gasteiger partial charge in [-0.25, -0.2) is 4.39 Å². The summed E-state index contributed by atoms with van der Waals surface area (Å²) in [5.41, 5.74) is 0.0860. The molecule has 2 aromatic rings. The summed E-state index contributed by atoms with van der Waals surface area (Å²) < 4.78 is 58.5. The predicted molar refractivity (Wildman–Crippen MR) is 118 cm³/mol. The standard InChI is InChI=1S/C25H30F4N2O2/c1-3-17(4-2)12-30-24(32)20-14-31(15-20)13-19-8-9-22(11-23(19)26)33-16-18-6-5-7-21(10-18)25(27,28)29/h5-11,17,20H,3-4,12-16H2,1-2H3,(H,30,32). The van der Waals surface area contributed by atoms with E-state index in [1.54, 1.807) is 12.1 Å². The van der Waals surface area contributed by atoms with Crippen LogP contribution in [0.2, 0.25) is 0 Å². The molecule has 0 bridgehead atoms. The maximum atomic E-state index is 14.5. The number of rotatable bonds is 10. The van der Waals surface area contributed by atoms with Crippen LogP contribution in [0.3, 0.4) is 0 Å². The molecule has 0 radical (unpaired) electrons. The second kappa shape index (κ2) is 11.0. The van der Waals surface area contributed by atoms with Crippen molar-refractivity contribution in [2.45, 2.75) is 46.0 Å². The Hall–Kier alpha value is -2.61. The number of nitrogens with zero attached hydrogens (tertiary/aromatic N) is 1. The minimum Gasteiger partial charge on any atom is -0.489 e. The van der Waals surface area contributed by atoms with Crippen LogP contribution in [0.5, 0.6) is 5.75 Å². The molecule has 33 heavy (non-hydrogen) atoms. The molecule has 0 aliphatic carbocycles. The molecule has 1 aliphatic rings. The van der Waals surface area contributed by atoms with Crippen molar-refractivity contribution in [2.24, 2.45) is 11.8 Å². The first kappa shape index (κ1) is 25.0. The number of benzene rings is 2. The van der Waals surface area contributed by atoms with Gasteiger partial charge in [0.25, 0.3) is 0 Å². The van der Waals surface area contributed by atoms with Crippen LogP contribution in [-0.2, 0) is 24.1 Å². The highest BCUT2D eigenvalue weighted by Gasteiger charge is 2.33. The van der Waals surface area contributed by atoms with Crippen LogP contribution in [0.15, 0.2) is 42.5 Å². The van der Waals surface area contributed by atoms with Crippen LogP contribution in [0.25, 0.3) is 0 Å². The van der Waals surface area contributed by atoms with Crippen molar-refractivity contribution in [3.63, 3.8) is 0 Å². The lowest BCUT2D eigenvalue weighted by Crippen LogP contribution is -2.53. The summed E-state index contributed by atoms with van der Waals surface area (Å²) in [5.74, 6) is 0.275. The quantitative estimate of drug-likeness (QED) is 0.476. The molecule has 0 aromatic heterocycles. The topological polar surface area (TPSA) is 41.6 Å².